The van der Waals surface area contributed by atoms with Crippen molar-refractivity contribution < 1.29 is 14.0 Å². The maximum atomic E-state index is 13.1. The van der Waals surface area contributed by atoms with Gasteiger partial charge in [0.15, 0.2) is 19.9 Å². The minimum atomic E-state index is -1.81. The molecule has 3 rings (SSSR count). The van der Waals surface area contributed by atoms with E-state index in [9.17, 15) is 9.59 Å². The first kappa shape index (κ1) is 17.4. The normalized spacial score (nSPS) is 27.0. The fourth-order valence-electron chi connectivity index (χ4n) is 3.17. The molecule has 1 aromatic rings. The molecule has 0 heterocycles. The zero-order chi connectivity index (χ0) is 17.3. The Kier molecular flexibility index (Phi) is 4.94. The van der Waals surface area contributed by atoms with Gasteiger partial charge in [-0.3, -0.25) is 9.59 Å². The molecule has 0 aromatic heterocycles. The van der Waals surface area contributed by atoms with E-state index in [1.54, 1.807) is 0 Å². The molecule has 0 N–H and O–H groups in total. The highest BCUT2D eigenvalue weighted by molar-refractivity contribution is 8.04. The summed E-state index contributed by atoms with van der Waals surface area (Å²) in [4.78, 5) is 27.1. The largest absolute Gasteiger partial charge is 0.411 e. The number of hydrogen-bond donors (Lipinski definition) is 0. The lowest BCUT2D eigenvalue weighted by molar-refractivity contribution is -0.132. The molecule has 0 radical (unpaired) electrons. The van der Waals surface area contributed by atoms with Crippen molar-refractivity contribution in [2.24, 2.45) is 11.8 Å². The zero-order valence-corrected chi connectivity index (χ0v) is 16.0. The first-order chi connectivity index (χ1) is 11.3. The lowest BCUT2D eigenvalue weighted by Gasteiger charge is -2.38. The number of hydrogen-bond acceptors (Lipinski definition) is 4. The van der Waals surface area contributed by atoms with E-state index >= 15 is 0 Å². The third kappa shape index (κ3) is 3.79. The molecule has 1 unspecified atom stereocenters. The minimum absolute atomic E-state index is 0.0426. The first-order valence-electron chi connectivity index (χ1n) is 8.22. The Balaban J connectivity index is 1.88. The summed E-state index contributed by atoms with van der Waals surface area (Å²) < 4.78 is 6.21. The van der Waals surface area contributed by atoms with Gasteiger partial charge in [0.2, 0.25) is 0 Å². The number of Topliss-reactive ketones (excluding diaryl/α,β-unsaturated/α-hetero) is 1. The molecule has 5 heteroatoms. The van der Waals surface area contributed by atoms with Crippen molar-refractivity contribution in [3.8, 4) is 0 Å². The van der Waals surface area contributed by atoms with Crippen LogP contribution in [0.5, 0.6) is 0 Å². The van der Waals surface area contributed by atoms with Crippen LogP contribution < -0.4 is 0 Å². The van der Waals surface area contributed by atoms with Crippen molar-refractivity contribution in [2.75, 3.05) is 0 Å². The molecule has 1 aromatic carbocycles. The molecule has 126 valence electrons. The van der Waals surface area contributed by atoms with Crippen molar-refractivity contribution in [2.45, 2.75) is 37.1 Å². The van der Waals surface area contributed by atoms with Crippen LogP contribution in [0.1, 0.15) is 6.42 Å². The number of ketones is 2. The summed E-state index contributed by atoms with van der Waals surface area (Å²) in [6.07, 6.45) is 5.83. The van der Waals surface area contributed by atoms with Crippen LogP contribution in [0.15, 0.2) is 58.4 Å². The molecule has 0 amide bonds. The van der Waals surface area contributed by atoms with Gasteiger partial charge >= 0.3 is 0 Å². The average molecular weight is 359 g/mol. The van der Waals surface area contributed by atoms with Gasteiger partial charge in [0, 0.05) is 10.8 Å². The van der Waals surface area contributed by atoms with Crippen molar-refractivity contribution in [3.05, 3.63) is 53.5 Å². The first-order valence-corrected chi connectivity index (χ1v) is 12.4. The van der Waals surface area contributed by atoms with Gasteiger partial charge in [-0.1, -0.05) is 42.1 Å². The lowest BCUT2D eigenvalue weighted by atomic mass is 9.73. The van der Waals surface area contributed by atoms with E-state index in [1.807, 2.05) is 42.5 Å². The van der Waals surface area contributed by atoms with E-state index in [2.05, 4.69) is 19.6 Å². The lowest BCUT2D eigenvalue weighted by Crippen LogP contribution is -2.47. The Morgan fingerprint density at radius 1 is 1.12 bits per heavy atom. The maximum Gasteiger partial charge on any atom is 0.184 e. The highest BCUT2D eigenvalue weighted by Gasteiger charge is 2.45. The molecule has 3 atom stereocenters. The fraction of sp³-hybridized carbons (Fsp3) is 0.368. The van der Waals surface area contributed by atoms with Crippen molar-refractivity contribution in [1.82, 2.24) is 0 Å². The van der Waals surface area contributed by atoms with E-state index in [4.69, 9.17) is 4.43 Å². The number of rotatable bonds is 4. The summed E-state index contributed by atoms with van der Waals surface area (Å²) in [6, 6.07) is 9.70. The van der Waals surface area contributed by atoms with Crippen LogP contribution in [-0.2, 0) is 14.0 Å². The molecule has 0 fully saturated rings. The van der Waals surface area contributed by atoms with Gasteiger partial charge in [-0.05, 0) is 44.3 Å². The highest BCUT2D eigenvalue weighted by atomic mass is 32.2. The van der Waals surface area contributed by atoms with E-state index in [0.717, 1.165) is 4.90 Å². The summed E-state index contributed by atoms with van der Waals surface area (Å²) in [7, 11) is -1.81. The van der Waals surface area contributed by atoms with Crippen LogP contribution in [0.2, 0.25) is 19.6 Å². The molecule has 24 heavy (non-hydrogen) atoms. The predicted octanol–water partition coefficient (Wildman–Crippen LogP) is 4.23. The second-order valence-electron chi connectivity index (χ2n) is 7.18. The standard InChI is InChI=1S/C19H22O3SSi/c1-24(2,3)22-16-11-7-10-14-15(20)12-17(19(21)18(14)16)23-13-8-5-4-6-9-13/h4-9,11-12,14,16,18H,10H2,1-3H3/t14-,16?,18+/m0/s1. The topological polar surface area (TPSA) is 43.4 Å². The van der Waals surface area contributed by atoms with Gasteiger partial charge < -0.3 is 4.43 Å². The number of benzene rings is 1. The van der Waals surface area contributed by atoms with Crippen LogP contribution >= 0.6 is 11.8 Å². The fourth-order valence-corrected chi connectivity index (χ4v) is 5.17. The van der Waals surface area contributed by atoms with Gasteiger partial charge in [-0.15, -0.1) is 0 Å². The molecule has 2 aliphatic carbocycles. The van der Waals surface area contributed by atoms with E-state index < -0.39 is 8.32 Å². The molecule has 0 bridgehead atoms. The Hall–Kier alpha value is -1.43. The second-order valence-corrected chi connectivity index (χ2v) is 12.8. The number of carbonyl (C=O) groups excluding carboxylic acids is 2. The van der Waals surface area contributed by atoms with Crippen LogP contribution in [0.3, 0.4) is 0 Å². The summed E-state index contributed by atoms with van der Waals surface area (Å²) >= 11 is 1.37. The Bertz CT molecular complexity index is 703. The molecule has 3 nitrogen and oxygen atoms in total. The van der Waals surface area contributed by atoms with Gasteiger partial charge in [0.05, 0.1) is 16.9 Å². The van der Waals surface area contributed by atoms with E-state index in [0.29, 0.717) is 11.3 Å². The zero-order valence-electron chi connectivity index (χ0n) is 14.2. The summed E-state index contributed by atoms with van der Waals surface area (Å²) in [5.41, 5.74) is 0. The van der Waals surface area contributed by atoms with Crippen molar-refractivity contribution >= 4 is 31.6 Å². The molecule has 2 aliphatic rings. The van der Waals surface area contributed by atoms with Crippen LogP contribution in [-0.4, -0.2) is 26.0 Å². The third-order valence-electron chi connectivity index (χ3n) is 4.15. The molecular weight excluding hydrogens is 336 g/mol. The quantitative estimate of drug-likeness (QED) is 0.597. The summed E-state index contributed by atoms with van der Waals surface area (Å²) in [5, 5.41) is 0. The predicted molar refractivity (Wildman–Crippen MR) is 99.4 cm³/mol. The highest BCUT2D eigenvalue weighted by Crippen LogP contribution is 2.40. The average Bonchev–Trinajstić information content (AvgIpc) is 2.52. The number of carbonyl (C=O) groups is 2. The maximum absolute atomic E-state index is 13.1. The van der Waals surface area contributed by atoms with E-state index in [1.165, 1.54) is 17.8 Å². The van der Waals surface area contributed by atoms with Crippen molar-refractivity contribution in [3.63, 3.8) is 0 Å². The van der Waals surface area contributed by atoms with Gasteiger partial charge in [-0.2, -0.15) is 0 Å². The number of fused-ring (bicyclic) bond motifs is 1. The summed E-state index contributed by atoms with van der Waals surface area (Å²) in [5.74, 6) is -0.568. The minimum Gasteiger partial charge on any atom is -0.411 e. The molecule has 0 saturated carbocycles. The Morgan fingerprint density at radius 3 is 2.50 bits per heavy atom. The molecule has 0 spiro atoms. The molecular formula is C19H22O3SSi. The van der Waals surface area contributed by atoms with Gasteiger partial charge in [0.25, 0.3) is 0 Å². The number of allylic oxidation sites excluding steroid dienone is 3. The van der Waals surface area contributed by atoms with Gasteiger partial charge in [0.1, 0.15) is 0 Å². The Labute approximate surface area is 148 Å². The monoisotopic (exact) mass is 358 g/mol. The second kappa shape index (κ2) is 6.82. The van der Waals surface area contributed by atoms with Gasteiger partial charge in [-0.25, -0.2) is 0 Å². The summed E-state index contributed by atoms with van der Waals surface area (Å²) in [6.45, 7) is 6.32. The van der Waals surface area contributed by atoms with Crippen LogP contribution in [0, 0.1) is 11.8 Å². The van der Waals surface area contributed by atoms with Crippen LogP contribution in [0.25, 0.3) is 0 Å². The molecule has 0 aliphatic heterocycles. The molecule has 0 saturated heterocycles. The smallest absolute Gasteiger partial charge is 0.184 e. The van der Waals surface area contributed by atoms with Crippen molar-refractivity contribution in [1.29, 1.82) is 0 Å². The Morgan fingerprint density at radius 2 is 1.83 bits per heavy atom. The van der Waals surface area contributed by atoms with E-state index in [-0.39, 0.29) is 29.5 Å². The number of thioether (sulfide) groups is 1. The van der Waals surface area contributed by atoms with Crippen LogP contribution in [0.4, 0.5) is 0 Å². The third-order valence-corrected chi connectivity index (χ3v) is 6.17. The SMILES string of the molecule is C[Si](C)(C)OC1C=CC[C@H]2C(=O)C=C(Sc3ccccc3)C(=O)[C@@H]12.